The Hall–Kier alpha value is -2.01. The van der Waals surface area contributed by atoms with Gasteiger partial charge in [-0.15, -0.1) is 0 Å². The summed E-state index contributed by atoms with van der Waals surface area (Å²) in [6.07, 6.45) is 5.33. The number of benzene rings is 1. The Balaban J connectivity index is 1.79. The number of rotatable bonds is 2. The molecule has 5 nitrogen and oxygen atoms in total. The number of hydrogen-bond donors (Lipinski definition) is 1. The van der Waals surface area contributed by atoms with Crippen LogP contribution in [0.25, 0.3) is 11.0 Å². The number of nitrogens with zero attached hydrogens (tertiary/aromatic N) is 3. The molecular formula is C15H18N4O. The number of likely N-dealkylation sites (tertiary alicyclic amines) is 1. The van der Waals surface area contributed by atoms with Crippen molar-refractivity contribution in [3.05, 3.63) is 36.2 Å². The fourth-order valence-corrected chi connectivity index (χ4v) is 2.65. The molecule has 3 rings (SSSR count). The minimum atomic E-state index is 0.0899. The van der Waals surface area contributed by atoms with E-state index in [4.69, 9.17) is 0 Å². The highest BCUT2D eigenvalue weighted by Crippen LogP contribution is 2.16. The Morgan fingerprint density at radius 3 is 2.60 bits per heavy atom. The summed E-state index contributed by atoms with van der Waals surface area (Å²) in [5, 5.41) is 3.27. The monoisotopic (exact) mass is 270 g/mol. The van der Waals surface area contributed by atoms with E-state index in [1.807, 2.05) is 30.1 Å². The minimum absolute atomic E-state index is 0.0899. The summed E-state index contributed by atoms with van der Waals surface area (Å²) in [6, 6.07) is 6.05. The van der Waals surface area contributed by atoms with Crippen molar-refractivity contribution in [2.45, 2.75) is 18.9 Å². The second kappa shape index (κ2) is 5.54. The first kappa shape index (κ1) is 13.0. The predicted molar refractivity (Wildman–Crippen MR) is 77.5 cm³/mol. The van der Waals surface area contributed by atoms with Crippen molar-refractivity contribution in [1.29, 1.82) is 0 Å². The molecule has 0 spiro atoms. The first-order valence-electron chi connectivity index (χ1n) is 6.95. The normalized spacial score (nSPS) is 16.6. The van der Waals surface area contributed by atoms with Gasteiger partial charge in [0.05, 0.1) is 11.0 Å². The maximum absolute atomic E-state index is 12.5. The molecule has 0 bridgehead atoms. The number of aromatic nitrogens is 2. The Kier molecular flexibility index (Phi) is 3.60. The molecule has 0 unspecified atom stereocenters. The molecule has 1 saturated heterocycles. The van der Waals surface area contributed by atoms with Gasteiger partial charge in [0.2, 0.25) is 0 Å². The predicted octanol–water partition coefficient (Wildman–Crippen LogP) is 1.45. The van der Waals surface area contributed by atoms with Gasteiger partial charge in [-0.3, -0.25) is 14.8 Å². The number of carbonyl (C=O) groups excluding carboxylic acids is 1. The molecule has 1 aromatic carbocycles. The van der Waals surface area contributed by atoms with Crippen LogP contribution < -0.4 is 5.32 Å². The van der Waals surface area contributed by atoms with Gasteiger partial charge in [-0.05, 0) is 38.1 Å². The highest BCUT2D eigenvalue weighted by molar-refractivity contribution is 5.97. The molecule has 0 atom stereocenters. The standard InChI is InChI=1S/C15H18N4O/c1-16-12-4-8-19(9-5-12)15(20)11-2-3-13-14(10-11)18-7-6-17-13/h2-3,6-7,10,12,16H,4-5,8-9H2,1H3. The van der Waals surface area contributed by atoms with Crippen molar-refractivity contribution >= 4 is 16.9 Å². The first-order valence-corrected chi connectivity index (χ1v) is 6.95. The molecule has 0 radical (unpaired) electrons. The summed E-state index contributed by atoms with van der Waals surface area (Å²) >= 11 is 0. The van der Waals surface area contributed by atoms with Crippen LogP contribution in [0.5, 0.6) is 0 Å². The molecule has 20 heavy (non-hydrogen) atoms. The molecule has 1 fully saturated rings. The first-order chi connectivity index (χ1) is 9.78. The van der Waals surface area contributed by atoms with Gasteiger partial charge >= 0.3 is 0 Å². The number of fused-ring (bicyclic) bond motifs is 1. The van der Waals surface area contributed by atoms with E-state index in [0.717, 1.165) is 37.0 Å². The van der Waals surface area contributed by atoms with E-state index in [1.54, 1.807) is 12.4 Å². The van der Waals surface area contributed by atoms with Crippen molar-refractivity contribution in [1.82, 2.24) is 20.2 Å². The van der Waals surface area contributed by atoms with Crippen LogP contribution in [0.1, 0.15) is 23.2 Å². The Morgan fingerprint density at radius 1 is 1.20 bits per heavy atom. The molecule has 2 heterocycles. The summed E-state index contributed by atoms with van der Waals surface area (Å²) in [4.78, 5) is 22.9. The molecule has 1 aromatic heterocycles. The van der Waals surface area contributed by atoms with Crippen molar-refractivity contribution in [2.24, 2.45) is 0 Å². The fourth-order valence-electron chi connectivity index (χ4n) is 2.65. The van der Waals surface area contributed by atoms with Crippen LogP contribution in [0.4, 0.5) is 0 Å². The van der Waals surface area contributed by atoms with Gasteiger partial charge in [-0.2, -0.15) is 0 Å². The average molecular weight is 270 g/mol. The molecule has 0 aliphatic carbocycles. The van der Waals surface area contributed by atoms with Crippen molar-refractivity contribution in [2.75, 3.05) is 20.1 Å². The molecule has 2 aromatic rings. The van der Waals surface area contributed by atoms with Crippen LogP contribution in [0.2, 0.25) is 0 Å². The van der Waals surface area contributed by atoms with Gasteiger partial charge in [0.25, 0.3) is 5.91 Å². The van der Waals surface area contributed by atoms with Crippen LogP contribution in [0.15, 0.2) is 30.6 Å². The van der Waals surface area contributed by atoms with Gasteiger partial charge in [-0.1, -0.05) is 0 Å². The van der Waals surface area contributed by atoms with Crippen LogP contribution in [0, 0.1) is 0 Å². The summed E-state index contributed by atoms with van der Waals surface area (Å²) < 4.78 is 0. The molecule has 5 heteroatoms. The van der Waals surface area contributed by atoms with Gasteiger partial charge < -0.3 is 10.2 Å². The van der Waals surface area contributed by atoms with Crippen molar-refractivity contribution < 1.29 is 4.79 Å². The van der Waals surface area contributed by atoms with Crippen molar-refractivity contribution in [3.63, 3.8) is 0 Å². The van der Waals surface area contributed by atoms with E-state index < -0.39 is 0 Å². The van der Waals surface area contributed by atoms with Crippen LogP contribution in [-0.4, -0.2) is 47.0 Å². The second-order valence-corrected chi connectivity index (χ2v) is 5.11. The third-order valence-corrected chi connectivity index (χ3v) is 3.91. The quantitative estimate of drug-likeness (QED) is 0.897. The van der Waals surface area contributed by atoms with Gasteiger partial charge in [0, 0.05) is 37.1 Å². The lowest BCUT2D eigenvalue weighted by Crippen LogP contribution is -2.43. The molecule has 104 valence electrons. The van der Waals surface area contributed by atoms with Crippen molar-refractivity contribution in [3.8, 4) is 0 Å². The van der Waals surface area contributed by atoms with Gasteiger partial charge in [-0.25, -0.2) is 0 Å². The van der Waals surface area contributed by atoms with E-state index in [0.29, 0.717) is 11.6 Å². The summed E-state index contributed by atoms with van der Waals surface area (Å²) in [5.74, 6) is 0.0899. The number of amides is 1. The lowest BCUT2D eigenvalue weighted by molar-refractivity contribution is 0.0707. The molecule has 1 aliphatic heterocycles. The largest absolute Gasteiger partial charge is 0.339 e. The fraction of sp³-hybridized carbons (Fsp3) is 0.400. The Labute approximate surface area is 118 Å². The third kappa shape index (κ3) is 2.49. The van der Waals surface area contributed by atoms with Crippen LogP contribution in [-0.2, 0) is 0 Å². The van der Waals surface area contributed by atoms with Gasteiger partial charge in [0.15, 0.2) is 0 Å². The summed E-state index contributed by atoms with van der Waals surface area (Å²) in [5.41, 5.74) is 2.28. The van der Waals surface area contributed by atoms with Gasteiger partial charge in [0.1, 0.15) is 0 Å². The highest BCUT2D eigenvalue weighted by Gasteiger charge is 2.22. The molecular weight excluding hydrogens is 252 g/mol. The molecule has 1 aliphatic rings. The topological polar surface area (TPSA) is 58.1 Å². The van der Waals surface area contributed by atoms with E-state index in [1.165, 1.54) is 0 Å². The Morgan fingerprint density at radius 2 is 1.90 bits per heavy atom. The van der Waals surface area contributed by atoms with E-state index in [9.17, 15) is 4.79 Å². The molecule has 0 saturated carbocycles. The highest BCUT2D eigenvalue weighted by atomic mass is 16.2. The number of piperidine rings is 1. The summed E-state index contributed by atoms with van der Waals surface area (Å²) in [6.45, 7) is 1.62. The van der Waals surface area contributed by atoms with Crippen LogP contribution >= 0.6 is 0 Å². The third-order valence-electron chi connectivity index (χ3n) is 3.91. The number of hydrogen-bond acceptors (Lipinski definition) is 4. The number of carbonyl (C=O) groups is 1. The van der Waals surface area contributed by atoms with Crippen LogP contribution in [0.3, 0.4) is 0 Å². The summed E-state index contributed by atoms with van der Waals surface area (Å²) in [7, 11) is 1.98. The zero-order chi connectivity index (χ0) is 13.9. The SMILES string of the molecule is CNC1CCN(C(=O)c2ccc3nccnc3c2)CC1. The lowest BCUT2D eigenvalue weighted by atomic mass is 10.0. The maximum atomic E-state index is 12.5. The zero-order valence-electron chi connectivity index (χ0n) is 11.5. The molecule has 1 N–H and O–H groups in total. The van der Waals surface area contributed by atoms with E-state index in [2.05, 4.69) is 15.3 Å². The lowest BCUT2D eigenvalue weighted by Gasteiger charge is -2.31. The van der Waals surface area contributed by atoms with E-state index in [-0.39, 0.29) is 5.91 Å². The maximum Gasteiger partial charge on any atom is 0.253 e. The number of nitrogens with one attached hydrogen (secondary N) is 1. The minimum Gasteiger partial charge on any atom is -0.339 e. The molecule has 1 amide bonds. The van der Waals surface area contributed by atoms with E-state index >= 15 is 0 Å². The average Bonchev–Trinajstić information content (AvgIpc) is 2.54. The zero-order valence-corrected chi connectivity index (χ0v) is 11.5. The second-order valence-electron chi connectivity index (χ2n) is 5.11. The smallest absolute Gasteiger partial charge is 0.253 e. The Bertz CT molecular complexity index is 620.